The van der Waals surface area contributed by atoms with Crippen LogP contribution in [0.3, 0.4) is 0 Å². The average molecular weight is 195 g/mol. The summed E-state index contributed by atoms with van der Waals surface area (Å²) in [6.07, 6.45) is 0. The number of rotatable bonds is 4. The van der Waals surface area contributed by atoms with Crippen LogP contribution in [0.2, 0.25) is 0 Å². The lowest BCUT2D eigenvalue weighted by atomic mass is 10.1. The fourth-order valence-electron chi connectivity index (χ4n) is 0.958. The van der Waals surface area contributed by atoms with Gasteiger partial charge in [-0.15, -0.1) is 0 Å². The van der Waals surface area contributed by atoms with E-state index in [4.69, 9.17) is 10.5 Å². The number of para-hydroxylation sites is 2. The van der Waals surface area contributed by atoms with Gasteiger partial charge in [0.25, 0.3) is 0 Å². The van der Waals surface area contributed by atoms with E-state index < -0.39 is 0 Å². The Hall–Kier alpha value is -1.22. The molecule has 1 unspecified atom stereocenters. The molecule has 0 spiro atoms. The number of hydrogen-bond donors (Lipinski definition) is 2. The van der Waals surface area contributed by atoms with Crippen LogP contribution < -0.4 is 10.5 Å². The van der Waals surface area contributed by atoms with Gasteiger partial charge >= 0.3 is 0 Å². The molecule has 3 N–H and O–H groups in total. The van der Waals surface area contributed by atoms with Crippen molar-refractivity contribution in [3.8, 4) is 11.5 Å². The minimum absolute atomic E-state index is 0.00499. The van der Waals surface area contributed by atoms with E-state index in [1.165, 1.54) is 0 Å². The van der Waals surface area contributed by atoms with Gasteiger partial charge in [-0.3, -0.25) is 0 Å². The fourth-order valence-corrected chi connectivity index (χ4v) is 0.958. The third-order valence-corrected chi connectivity index (χ3v) is 2.15. The van der Waals surface area contributed by atoms with Crippen molar-refractivity contribution in [1.82, 2.24) is 0 Å². The van der Waals surface area contributed by atoms with Gasteiger partial charge in [0.05, 0.1) is 0 Å². The number of phenols is 1. The fraction of sp³-hybridized carbons (Fsp3) is 0.455. The van der Waals surface area contributed by atoms with Crippen molar-refractivity contribution in [2.45, 2.75) is 19.9 Å². The predicted octanol–water partition coefficient (Wildman–Crippen LogP) is 1.75. The quantitative estimate of drug-likeness (QED) is 0.769. The Morgan fingerprint density at radius 3 is 2.57 bits per heavy atom. The molecule has 1 aromatic rings. The molecule has 1 aromatic carbocycles. The molecule has 1 atom stereocenters. The standard InChI is InChI=1S/C11H17NO2/c1-8(2)9(12)7-14-11-6-4-3-5-10(11)13/h3-6,8-9,13H,7,12H2,1-2H3. The number of aromatic hydroxyl groups is 1. The summed E-state index contributed by atoms with van der Waals surface area (Å²) in [7, 11) is 0. The van der Waals surface area contributed by atoms with Gasteiger partial charge in [0.15, 0.2) is 11.5 Å². The number of ether oxygens (including phenoxy) is 1. The van der Waals surface area contributed by atoms with Crippen LogP contribution in [0.15, 0.2) is 24.3 Å². The van der Waals surface area contributed by atoms with Crippen molar-refractivity contribution in [2.24, 2.45) is 11.7 Å². The summed E-state index contributed by atoms with van der Waals surface area (Å²) in [5.74, 6) is 1.02. The molecule has 14 heavy (non-hydrogen) atoms. The first kappa shape index (κ1) is 10.9. The third-order valence-electron chi connectivity index (χ3n) is 2.15. The van der Waals surface area contributed by atoms with Gasteiger partial charge < -0.3 is 15.6 Å². The molecule has 0 heterocycles. The molecule has 0 amide bonds. The average Bonchev–Trinajstić information content (AvgIpc) is 2.16. The van der Waals surface area contributed by atoms with Crippen LogP contribution in [-0.2, 0) is 0 Å². The second kappa shape index (κ2) is 4.86. The first-order chi connectivity index (χ1) is 6.61. The minimum Gasteiger partial charge on any atom is -0.504 e. The first-order valence-corrected chi connectivity index (χ1v) is 4.77. The number of phenolic OH excluding ortho intramolecular Hbond substituents is 1. The van der Waals surface area contributed by atoms with Crippen LogP contribution in [0.4, 0.5) is 0 Å². The van der Waals surface area contributed by atoms with Crippen LogP contribution in [0.1, 0.15) is 13.8 Å². The Bertz CT molecular complexity index is 286. The highest BCUT2D eigenvalue weighted by molar-refractivity contribution is 5.37. The summed E-state index contributed by atoms with van der Waals surface area (Å²) in [6, 6.07) is 6.88. The van der Waals surface area contributed by atoms with Crippen LogP contribution in [0.25, 0.3) is 0 Å². The maximum atomic E-state index is 9.40. The molecule has 0 saturated carbocycles. The molecule has 3 heteroatoms. The highest BCUT2D eigenvalue weighted by Gasteiger charge is 2.09. The van der Waals surface area contributed by atoms with Gasteiger partial charge in [-0.05, 0) is 18.1 Å². The molecule has 0 fully saturated rings. The van der Waals surface area contributed by atoms with Crippen molar-refractivity contribution in [3.05, 3.63) is 24.3 Å². The number of hydrogen-bond acceptors (Lipinski definition) is 3. The van der Waals surface area contributed by atoms with Gasteiger partial charge in [0.2, 0.25) is 0 Å². The zero-order valence-corrected chi connectivity index (χ0v) is 8.60. The van der Waals surface area contributed by atoms with Crippen LogP contribution in [-0.4, -0.2) is 17.8 Å². The van der Waals surface area contributed by atoms with Gasteiger partial charge in [-0.2, -0.15) is 0 Å². The summed E-state index contributed by atoms with van der Waals surface area (Å²) < 4.78 is 5.38. The largest absolute Gasteiger partial charge is 0.504 e. The lowest BCUT2D eigenvalue weighted by Crippen LogP contribution is -2.32. The SMILES string of the molecule is CC(C)C(N)COc1ccccc1O. The van der Waals surface area contributed by atoms with Crippen molar-refractivity contribution in [1.29, 1.82) is 0 Å². The second-order valence-corrected chi connectivity index (χ2v) is 3.69. The summed E-state index contributed by atoms with van der Waals surface area (Å²) in [4.78, 5) is 0. The van der Waals surface area contributed by atoms with Gasteiger partial charge in [0.1, 0.15) is 6.61 Å². The zero-order chi connectivity index (χ0) is 10.6. The van der Waals surface area contributed by atoms with Crippen molar-refractivity contribution in [2.75, 3.05) is 6.61 Å². The zero-order valence-electron chi connectivity index (χ0n) is 8.60. The molecule has 0 bridgehead atoms. The Balaban J connectivity index is 2.50. The van der Waals surface area contributed by atoms with Crippen molar-refractivity contribution in [3.63, 3.8) is 0 Å². The molecule has 3 nitrogen and oxygen atoms in total. The number of benzene rings is 1. The third kappa shape index (κ3) is 2.92. The van der Waals surface area contributed by atoms with E-state index in [1.807, 2.05) is 19.9 Å². The maximum Gasteiger partial charge on any atom is 0.160 e. The Labute approximate surface area is 84.5 Å². The Morgan fingerprint density at radius 1 is 1.36 bits per heavy atom. The summed E-state index contributed by atoms with van der Waals surface area (Å²) in [6.45, 7) is 4.51. The van der Waals surface area contributed by atoms with E-state index in [0.717, 1.165) is 0 Å². The topological polar surface area (TPSA) is 55.5 Å². The number of nitrogens with two attached hydrogens (primary N) is 1. The molecule has 0 aliphatic rings. The van der Waals surface area contributed by atoms with Crippen LogP contribution >= 0.6 is 0 Å². The van der Waals surface area contributed by atoms with E-state index in [9.17, 15) is 5.11 Å². The van der Waals surface area contributed by atoms with E-state index in [2.05, 4.69) is 0 Å². The maximum absolute atomic E-state index is 9.40. The molecule has 0 aromatic heterocycles. The minimum atomic E-state index is -0.00499. The van der Waals surface area contributed by atoms with E-state index in [-0.39, 0.29) is 11.8 Å². The molecule has 1 rings (SSSR count). The lowest BCUT2D eigenvalue weighted by Gasteiger charge is -2.16. The Kier molecular flexibility index (Phi) is 3.77. The monoisotopic (exact) mass is 195 g/mol. The van der Waals surface area contributed by atoms with Crippen molar-refractivity contribution < 1.29 is 9.84 Å². The second-order valence-electron chi connectivity index (χ2n) is 3.69. The van der Waals surface area contributed by atoms with Gasteiger partial charge in [-0.1, -0.05) is 26.0 Å². The summed E-state index contributed by atoms with van der Waals surface area (Å²) >= 11 is 0. The van der Waals surface area contributed by atoms with Crippen molar-refractivity contribution >= 4 is 0 Å². The Morgan fingerprint density at radius 2 is 2.00 bits per heavy atom. The van der Waals surface area contributed by atoms with Crippen LogP contribution in [0, 0.1) is 5.92 Å². The van der Waals surface area contributed by atoms with Gasteiger partial charge in [0, 0.05) is 6.04 Å². The highest BCUT2D eigenvalue weighted by atomic mass is 16.5. The molecule has 0 aliphatic carbocycles. The van der Waals surface area contributed by atoms with E-state index in [0.29, 0.717) is 18.3 Å². The highest BCUT2D eigenvalue weighted by Crippen LogP contribution is 2.24. The summed E-state index contributed by atoms with van der Waals surface area (Å²) in [5.41, 5.74) is 5.81. The summed E-state index contributed by atoms with van der Waals surface area (Å²) in [5, 5.41) is 9.40. The van der Waals surface area contributed by atoms with Crippen LogP contribution in [0.5, 0.6) is 11.5 Å². The molecule has 0 radical (unpaired) electrons. The lowest BCUT2D eigenvalue weighted by molar-refractivity contribution is 0.250. The smallest absolute Gasteiger partial charge is 0.160 e. The predicted molar refractivity (Wildman–Crippen MR) is 56.4 cm³/mol. The van der Waals surface area contributed by atoms with E-state index >= 15 is 0 Å². The molecule has 78 valence electrons. The first-order valence-electron chi connectivity index (χ1n) is 4.77. The molecular weight excluding hydrogens is 178 g/mol. The molecule has 0 saturated heterocycles. The molecular formula is C11H17NO2. The van der Waals surface area contributed by atoms with E-state index in [1.54, 1.807) is 18.2 Å². The molecule has 0 aliphatic heterocycles. The van der Waals surface area contributed by atoms with Gasteiger partial charge in [-0.25, -0.2) is 0 Å². The normalized spacial score (nSPS) is 12.9.